The van der Waals surface area contributed by atoms with Gasteiger partial charge >= 0.3 is 0 Å². The largest absolute Gasteiger partial charge is 0.384 e. The maximum absolute atomic E-state index is 4.82. The molecule has 0 amide bonds. The third kappa shape index (κ3) is 2.79. The Morgan fingerprint density at radius 3 is 2.55 bits per heavy atom. The van der Waals surface area contributed by atoms with E-state index in [4.69, 9.17) is 4.98 Å². The summed E-state index contributed by atoms with van der Waals surface area (Å²) in [6.45, 7) is 12.0. The minimum absolute atomic E-state index is 0.546. The molecule has 2 nitrogen and oxygen atoms in total. The second kappa shape index (κ2) is 6.25. The molecule has 108 valence electrons. The van der Waals surface area contributed by atoms with Gasteiger partial charge in [-0.1, -0.05) is 33.8 Å². The van der Waals surface area contributed by atoms with E-state index in [2.05, 4.69) is 58.1 Å². The van der Waals surface area contributed by atoms with Gasteiger partial charge in [-0.05, 0) is 48.9 Å². The van der Waals surface area contributed by atoms with E-state index in [1.807, 2.05) is 0 Å². The highest BCUT2D eigenvalue weighted by atomic mass is 14.9. The Hall–Kier alpha value is -1.57. The third-order valence-electron chi connectivity index (χ3n) is 3.91. The van der Waals surface area contributed by atoms with E-state index < -0.39 is 0 Å². The minimum atomic E-state index is 0.546. The topological polar surface area (TPSA) is 24.9 Å². The highest BCUT2D eigenvalue weighted by molar-refractivity contribution is 5.94. The number of benzene rings is 1. The Morgan fingerprint density at radius 1 is 1.20 bits per heavy atom. The predicted molar refractivity (Wildman–Crippen MR) is 88.7 cm³/mol. The number of rotatable bonds is 5. The van der Waals surface area contributed by atoms with Crippen molar-refractivity contribution in [1.29, 1.82) is 0 Å². The van der Waals surface area contributed by atoms with Crippen molar-refractivity contribution in [3.05, 3.63) is 35.0 Å². The number of pyridine rings is 1. The summed E-state index contributed by atoms with van der Waals surface area (Å²) in [5.74, 6) is 0.546. The Bertz CT molecular complexity index is 600. The van der Waals surface area contributed by atoms with Crippen LogP contribution in [-0.4, -0.2) is 11.5 Å². The number of aromatic nitrogens is 1. The SMILES string of the molecule is CCCNc1c(C)c(CC)nc2ccc(C(C)C)cc12. The average Bonchev–Trinajstić information content (AvgIpc) is 2.45. The first-order valence-corrected chi connectivity index (χ1v) is 7.75. The number of hydrogen-bond acceptors (Lipinski definition) is 2. The van der Waals surface area contributed by atoms with Crippen LogP contribution in [0.2, 0.25) is 0 Å². The molecule has 0 saturated heterocycles. The van der Waals surface area contributed by atoms with Crippen LogP contribution in [0, 0.1) is 6.92 Å². The van der Waals surface area contributed by atoms with Crippen molar-refractivity contribution in [2.45, 2.75) is 53.4 Å². The Morgan fingerprint density at radius 2 is 1.95 bits per heavy atom. The molecule has 0 unspecified atom stereocenters. The van der Waals surface area contributed by atoms with Crippen LogP contribution in [0.4, 0.5) is 5.69 Å². The number of fused-ring (bicyclic) bond motifs is 1. The highest BCUT2D eigenvalue weighted by Crippen LogP contribution is 2.31. The van der Waals surface area contributed by atoms with Crippen molar-refractivity contribution < 1.29 is 0 Å². The van der Waals surface area contributed by atoms with Crippen LogP contribution in [0.25, 0.3) is 10.9 Å². The molecular weight excluding hydrogens is 244 g/mol. The highest BCUT2D eigenvalue weighted by Gasteiger charge is 2.11. The maximum Gasteiger partial charge on any atom is 0.0726 e. The van der Waals surface area contributed by atoms with E-state index >= 15 is 0 Å². The summed E-state index contributed by atoms with van der Waals surface area (Å²) < 4.78 is 0. The summed E-state index contributed by atoms with van der Waals surface area (Å²) in [7, 11) is 0. The molecule has 1 heterocycles. The van der Waals surface area contributed by atoms with Gasteiger partial charge in [-0.15, -0.1) is 0 Å². The molecule has 1 N–H and O–H groups in total. The Kier molecular flexibility index (Phi) is 4.64. The number of nitrogens with one attached hydrogen (secondary N) is 1. The van der Waals surface area contributed by atoms with Gasteiger partial charge in [-0.25, -0.2) is 0 Å². The molecule has 0 bridgehead atoms. The fourth-order valence-electron chi connectivity index (χ4n) is 2.61. The minimum Gasteiger partial charge on any atom is -0.384 e. The van der Waals surface area contributed by atoms with Gasteiger partial charge in [-0.3, -0.25) is 4.98 Å². The van der Waals surface area contributed by atoms with Crippen LogP contribution in [0.15, 0.2) is 18.2 Å². The van der Waals surface area contributed by atoms with E-state index in [-0.39, 0.29) is 0 Å². The van der Waals surface area contributed by atoms with Crippen molar-refractivity contribution in [2.75, 3.05) is 11.9 Å². The zero-order valence-electron chi connectivity index (χ0n) is 13.4. The predicted octanol–water partition coefficient (Wildman–Crippen LogP) is 5.05. The van der Waals surface area contributed by atoms with E-state index in [9.17, 15) is 0 Å². The Labute approximate surface area is 122 Å². The number of aryl methyl sites for hydroxylation is 1. The van der Waals surface area contributed by atoms with E-state index in [0.717, 1.165) is 24.9 Å². The van der Waals surface area contributed by atoms with Gasteiger partial charge in [0.1, 0.15) is 0 Å². The molecule has 0 fully saturated rings. The maximum atomic E-state index is 4.82. The zero-order valence-corrected chi connectivity index (χ0v) is 13.4. The first-order chi connectivity index (χ1) is 9.58. The molecule has 2 heteroatoms. The first kappa shape index (κ1) is 14.8. The summed E-state index contributed by atoms with van der Waals surface area (Å²) in [6.07, 6.45) is 2.11. The lowest BCUT2D eigenvalue weighted by atomic mass is 9.98. The lowest BCUT2D eigenvalue weighted by molar-refractivity contribution is 0.868. The summed E-state index contributed by atoms with van der Waals surface area (Å²) in [5.41, 5.74) is 6.26. The van der Waals surface area contributed by atoms with Gasteiger partial charge in [0.15, 0.2) is 0 Å². The molecule has 0 radical (unpaired) electrons. The van der Waals surface area contributed by atoms with Crippen molar-refractivity contribution in [1.82, 2.24) is 4.98 Å². The lowest BCUT2D eigenvalue weighted by Crippen LogP contribution is -2.06. The Balaban J connectivity index is 2.66. The van der Waals surface area contributed by atoms with Gasteiger partial charge in [-0.2, -0.15) is 0 Å². The molecule has 0 saturated carbocycles. The summed E-state index contributed by atoms with van der Waals surface area (Å²) in [5, 5.41) is 4.87. The molecule has 0 aliphatic carbocycles. The number of nitrogens with zero attached hydrogens (tertiary/aromatic N) is 1. The van der Waals surface area contributed by atoms with Crippen molar-refractivity contribution in [3.8, 4) is 0 Å². The van der Waals surface area contributed by atoms with Crippen LogP contribution >= 0.6 is 0 Å². The normalized spacial score (nSPS) is 11.3. The molecular formula is C18H26N2. The van der Waals surface area contributed by atoms with Gasteiger partial charge in [0.2, 0.25) is 0 Å². The third-order valence-corrected chi connectivity index (χ3v) is 3.91. The van der Waals surface area contributed by atoms with E-state index in [1.165, 1.54) is 27.9 Å². The fraction of sp³-hybridized carbons (Fsp3) is 0.500. The van der Waals surface area contributed by atoms with Crippen molar-refractivity contribution in [2.24, 2.45) is 0 Å². The molecule has 0 atom stereocenters. The standard InChI is InChI=1S/C18H26N2/c1-6-10-19-18-13(5)16(7-2)20-17-9-8-14(12(3)4)11-15(17)18/h8-9,11-12H,6-7,10H2,1-5H3,(H,19,20). The zero-order chi connectivity index (χ0) is 14.7. The summed E-state index contributed by atoms with van der Waals surface area (Å²) >= 11 is 0. The van der Waals surface area contributed by atoms with Gasteiger partial charge in [0.05, 0.1) is 5.52 Å². The molecule has 2 rings (SSSR count). The second-order valence-electron chi connectivity index (χ2n) is 5.77. The molecule has 20 heavy (non-hydrogen) atoms. The van der Waals surface area contributed by atoms with Crippen LogP contribution in [-0.2, 0) is 6.42 Å². The molecule has 0 aliphatic rings. The molecule has 1 aromatic heterocycles. The molecule has 0 spiro atoms. The molecule has 1 aromatic carbocycles. The summed E-state index contributed by atoms with van der Waals surface area (Å²) in [4.78, 5) is 4.82. The van der Waals surface area contributed by atoms with Crippen LogP contribution in [0.3, 0.4) is 0 Å². The van der Waals surface area contributed by atoms with Crippen molar-refractivity contribution >= 4 is 16.6 Å². The van der Waals surface area contributed by atoms with Gasteiger partial charge in [0.25, 0.3) is 0 Å². The summed E-state index contributed by atoms with van der Waals surface area (Å²) in [6, 6.07) is 6.68. The molecule has 2 aromatic rings. The molecule has 0 aliphatic heterocycles. The van der Waals surface area contributed by atoms with Crippen LogP contribution in [0.5, 0.6) is 0 Å². The second-order valence-corrected chi connectivity index (χ2v) is 5.77. The number of hydrogen-bond donors (Lipinski definition) is 1. The quantitative estimate of drug-likeness (QED) is 0.822. The van der Waals surface area contributed by atoms with E-state index in [1.54, 1.807) is 0 Å². The smallest absolute Gasteiger partial charge is 0.0726 e. The first-order valence-electron chi connectivity index (χ1n) is 7.75. The monoisotopic (exact) mass is 270 g/mol. The van der Waals surface area contributed by atoms with Gasteiger partial charge in [0, 0.05) is 23.3 Å². The van der Waals surface area contributed by atoms with Gasteiger partial charge < -0.3 is 5.32 Å². The average molecular weight is 270 g/mol. The fourth-order valence-corrected chi connectivity index (χ4v) is 2.61. The van der Waals surface area contributed by atoms with E-state index in [0.29, 0.717) is 5.92 Å². The van der Waals surface area contributed by atoms with Crippen LogP contribution in [0.1, 0.15) is 56.9 Å². The lowest BCUT2D eigenvalue weighted by Gasteiger charge is -2.17. The van der Waals surface area contributed by atoms with Crippen LogP contribution < -0.4 is 5.32 Å². The number of anilines is 1. The van der Waals surface area contributed by atoms with Crippen molar-refractivity contribution in [3.63, 3.8) is 0 Å².